The topological polar surface area (TPSA) is 115 Å². The Labute approximate surface area is 195 Å². The molecular formula is C23H25N5O4S. The number of methoxy groups -OCH3 is 1. The number of ether oxygens (including phenoxy) is 1. The molecule has 0 spiro atoms. The summed E-state index contributed by atoms with van der Waals surface area (Å²) in [5, 5.41) is 14.7. The Morgan fingerprint density at radius 1 is 1.06 bits per heavy atom. The molecule has 0 bridgehead atoms. The fourth-order valence-corrected chi connectivity index (χ4v) is 3.94. The number of aromatic nitrogens is 3. The van der Waals surface area contributed by atoms with Gasteiger partial charge in [-0.05, 0) is 44.2 Å². The quantitative estimate of drug-likeness (QED) is 0.366. The van der Waals surface area contributed by atoms with Gasteiger partial charge >= 0.3 is 5.97 Å². The van der Waals surface area contributed by atoms with Gasteiger partial charge in [-0.25, -0.2) is 4.79 Å². The van der Waals surface area contributed by atoms with Crippen LogP contribution in [0.3, 0.4) is 0 Å². The molecular weight excluding hydrogens is 442 g/mol. The van der Waals surface area contributed by atoms with Gasteiger partial charge in [-0.3, -0.25) is 9.59 Å². The van der Waals surface area contributed by atoms with Crippen molar-refractivity contribution in [1.82, 2.24) is 20.1 Å². The van der Waals surface area contributed by atoms with Gasteiger partial charge in [0.1, 0.15) is 0 Å². The minimum Gasteiger partial charge on any atom is -0.465 e. The van der Waals surface area contributed by atoms with E-state index in [-0.39, 0.29) is 23.6 Å². The minimum atomic E-state index is -0.475. The zero-order valence-corrected chi connectivity index (χ0v) is 19.4. The maximum Gasteiger partial charge on any atom is 0.337 e. The van der Waals surface area contributed by atoms with Crippen molar-refractivity contribution in [3.8, 4) is 0 Å². The number of nitrogens with one attached hydrogen (secondary N) is 2. The van der Waals surface area contributed by atoms with E-state index in [4.69, 9.17) is 4.74 Å². The lowest BCUT2D eigenvalue weighted by Crippen LogP contribution is -2.28. The lowest BCUT2D eigenvalue weighted by molar-refractivity contribution is -0.113. The van der Waals surface area contributed by atoms with Gasteiger partial charge in [0.15, 0.2) is 11.0 Å². The zero-order valence-electron chi connectivity index (χ0n) is 18.6. The molecule has 0 fully saturated rings. The number of rotatable bonds is 9. The van der Waals surface area contributed by atoms with Gasteiger partial charge in [0.2, 0.25) is 5.91 Å². The molecule has 3 rings (SSSR count). The van der Waals surface area contributed by atoms with Gasteiger partial charge < -0.3 is 19.9 Å². The maximum absolute atomic E-state index is 12.5. The molecule has 1 heterocycles. The number of benzene rings is 2. The fraction of sp³-hybridized carbons (Fsp3) is 0.261. The summed E-state index contributed by atoms with van der Waals surface area (Å²) < 4.78 is 6.56. The summed E-state index contributed by atoms with van der Waals surface area (Å²) in [4.78, 5) is 36.5. The summed E-state index contributed by atoms with van der Waals surface area (Å²) in [6.07, 6.45) is 0. The molecule has 0 saturated carbocycles. The standard InChI is InChI=1S/C23H25N5O4S/c1-4-28-20(15(2)24-21(30)16-9-6-5-7-10-16)26-27-23(28)33-14-19(29)25-18-12-8-11-17(13-18)22(31)32-3/h5-13,15H,4,14H2,1-3H3,(H,24,30)(H,25,29)/t15-/m0/s1. The highest BCUT2D eigenvalue weighted by Crippen LogP contribution is 2.21. The Morgan fingerprint density at radius 2 is 1.79 bits per heavy atom. The number of amides is 2. The van der Waals surface area contributed by atoms with E-state index >= 15 is 0 Å². The van der Waals surface area contributed by atoms with Crippen molar-refractivity contribution in [3.05, 3.63) is 71.5 Å². The molecule has 0 radical (unpaired) electrons. The van der Waals surface area contributed by atoms with Crippen molar-refractivity contribution in [2.24, 2.45) is 0 Å². The molecule has 0 aliphatic rings. The first kappa shape index (κ1) is 24.0. The van der Waals surface area contributed by atoms with E-state index in [0.717, 1.165) is 0 Å². The van der Waals surface area contributed by atoms with E-state index in [0.29, 0.717) is 34.3 Å². The molecule has 0 unspecified atom stereocenters. The Kier molecular flexibility index (Phi) is 8.20. The highest BCUT2D eigenvalue weighted by molar-refractivity contribution is 7.99. The van der Waals surface area contributed by atoms with Crippen LogP contribution in [0.2, 0.25) is 0 Å². The Hall–Kier alpha value is -3.66. The predicted octanol–water partition coefficient (Wildman–Crippen LogP) is 3.31. The number of carbonyl (C=O) groups is 3. The van der Waals surface area contributed by atoms with Crippen molar-refractivity contribution < 1.29 is 19.1 Å². The average Bonchev–Trinajstić information content (AvgIpc) is 3.26. The highest BCUT2D eigenvalue weighted by Gasteiger charge is 2.20. The Balaban J connectivity index is 1.61. The van der Waals surface area contributed by atoms with Crippen molar-refractivity contribution in [1.29, 1.82) is 0 Å². The van der Waals surface area contributed by atoms with Crippen LogP contribution in [0.5, 0.6) is 0 Å². The third kappa shape index (κ3) is 6.19. The maximum atomic E-state index is 12.5. The second-order valence-corrected chi connectivity index (χ2v) is 8.00. The lowest BCUT2D eigenvalue weighted by atomic mass is 10.2. The third-order valence-electron chi connectivity index (χ3n) is 4.73. The fourth-order valence-electron chi connectivity index (χ4n) is 3.13. The van der Waals surface area contributed by atoms with Crippen LogP contribution in [0.4, 0.5) is 5.69 Å². The number of esters is 1. The number of thioether (sulfide) groups is 1. The number of hydrogen-bond donors (Lipinski definition) is 2. The predicted molar refractivity (Wildman–Crippen MR) is 125 cm³/mol. The molecule has 172 valence electrons. The van der Waals surface area contributed by atoms with Crippen molar-refractivity contribution in [2.75, 3.05) is 18.2 Å². The first-order chi connectivity index (χ1) is 15.9. The molecule has 1 atom stereocenters. The van der Waals surface area contributed by atoms with Crippen LogP contribution < -0.4 is 10.6 Å². The molecule has 1 aromatic heterocycles. The number of carbonyl (C=O) groups excluding carboxylic acids is 3. The number of hydrogen-bond acceptors (Lipinski definition) is 7. The number of nitrogens with zero attached hydrogens (tertiary/aromatic N) is 3. The van der Waals surface area contributed by atoms with Crippen LogP contribution in [-0.4, -0.2) is 45.4 Å². The second-order valence-electron chi connectivity index (χ2n) is 7.06. The molecule has 0 saturated heterocycles. The second kappa shape index (κ2) is 11.3. The monoisotopic (exact) mass is 467 g/mol. The van der Waals surface area contributed by atoms with Crippen LogP contribution in [0.15, 0.2) is 59.8 Å². The van der Waals surface area contributed by atoms with E-state index in [2.05, 4.69) is 20.8 Å². The van der Waals surface area contributed by atoms with Crippen molar-refractivity contribution >= 4 is 35.2 Å². The first-order valence-electron chi connectivity index (χ1n) is 10.3. The van der Waals surface area contributed by atoms with Crippen LogP contribution >= 0.6 is 11.8 Å². The summed E-state index contributed by atoms with van der Waals surface area (Å²) >= 11 is 1.24. The van der Waals surface area contributed by atoms with Gasteiger partial charge in [-0.1, -0.05) is 36.0 Å². The van der Waals surface area contributed by atoms with Crippen LogP contribution in [0.1, 0.15) is 46.4 Å². The average molecular weight is 468 g/mol. The van der Waals surface area contributed by atoms with Crippen LogP contribution in [-0.2, 0) is 16.1 Å². The molecule has 0 aliphatic heterocycles. The molecule has 2 aromatic carbocycles. The van der Waals surface area contributed by atoms with Crippen molar-refractivity contribution in [2.45, 2.75) is 31.6 Å². The number of anilines is 1. The van der Waals surface area contributed by atoms with E-state index in [1.165, 1.54) is 18.9 Å². The van der Waals surface area contributed by atoms with Gasteiger partial charge in [0, 0.05) is 17.8 Å². The largest absolute Gasteiger partial charge is 0.465 e. The molecule has 10 heteroatoms. The van der Waals surface area contributed by atoms with E-state index in [1.54, 1.807) is 48.5 Å². The molecule has 33 heavy (non-hydrogen) atoms. The molecule has 9 nitrogen and oxygen atoms in total. The van der Waals surface area contributed by atoms with Gasteiger partial charge in [-0.2, -0.15) is 0 Å². The van der Waals surface area contributed by atoms with Gasteiger partial charge in [0.05, 0.1) is 24.5 Å². The van der Waals surface area contributed by atoms with Gasteiger partial charge in [0.25, 0.3) is 5.91 Å². The van der Waals surface area contributed by atoms with Crippen LogP contribution in [0.25, 0.3) is 0 Å². The normalized spacial score (nSPS) is 11.5. The molecule has 2 amide bonds. The Bertz CT molecular complexity index is 1130. The van der Waals surface area contributed by atoms with E-state index in [9.17, 15) is 14.4 Å². The SMILES string of the molecule is CCn1c(SCC(=O)Nc2cccc(C(=O)OC)c2)nnc1[C@H](C)NC(=O)c1ccccc1. The molecule has 2 N–H and O–H groups in total. The lowest BCUT2D eigenvalue weighted by Gasteiger charge is -2.15. The molecule has 3 aromatic rings. The summed E-state index contributed by atoms with van der Waals surface area (Å²) in [6, 6.07) is 15.1. The third-order valence-corrected chi connectivity index (χ3v) is 5.70. The first-order valence-corrected chi connectivity index (χ1v) is 11.3. The molecule has 0 aliphatic carbocycles. The highest BCUT2D eigenvalue weighted by atomic mass is 32.2. The smallest absolute Gasteiger partial charge is 0.337 e. The Morgan fingerprint density at radius 3 is 2.48 bits per heavy atom. The summed E-state index contributed by atoms with van der Waals surface area (Å²) in [6.45, 7) is 4.37. The summed E-state index contributed by atoms with van der Waals surface area (Å²) in [5.74, 6) is -0.213. The summed E-state index contributed by atoms with van der Waals surface area (Å²) in [7, 11) is 1.30. The summed E-state index contributed by atoms with van der Waals surface area (Å²) in [5.41, 5.74) is 1.41. The minimum absolute atomic E-state index is 0.103. The van der Waals surface area contributed by atoms with Gasteiger partial charge in [-0.15, -0.1) is 10.2 Å². The van der Waals surface area contributed by atoms with E-state index < -0.39 is 5.97 Å². The zero-order chi connectivity index (χ0) is 23.8. The van der Waals surface area contributed by atoms with E-state index in [1.807, 2.05) is 24.5 Å². The van der Waals surface area contributed by atoms with Crippen LogP contribution in [0, 0.1) is 0 Å². The van der Waals surface area contributed by atoms with Crippen molar-refractivity contribution in [3.63, 3.8) is 0 Å².